The Bertz CT molecular complexity index is 778. The van der Waals surface area contributed by atoms with Crippen molar-refractivity contribution < 1.29 is 19.0 Å². The van der Waals surface area contributed by atoms with Crippen LogP contribution in [0, 0.1) is 0 Å². The largest absolute Gasteiger partial charge is 0.496 e. The minimum atomic E-state index is -0.268. The first-order valence-corrected chi connectivity index (χ1v) is 8.61. The first-order valence-electron chi connectivity index (χ1n) is 8.61. The summed E-state index contributed by atoms with van der Waals surface area (Å²) in [5.41, 5.74) is 1.83. The molecule has 1 atom stereocenters. The molecule has 1 amide bonds. The number of likely N-dealkylation sites (N-methyl/N-ethyl adjacent to an activating group) is 1. The van der Waals surface area contributed by atoms with Gasteiger partial charge in [0.2, 0.25) is 12.7 Å². The zero-order chi connectivity index (χ0) is 18.5. The van der Waals surface area contributed by atoms with E-state index in [1.807, 2.05) is 49.2 Å². The minimum Gasteiger partial charge on any atom is -0.496 e. The molecule has 1 unspecified atom stereocenters. The number of benzene rings is 2. The molecule has 138 valence electrons. The Morgan fingerprint density at radius 3 is 2.81 bits per heavy atom. The maximum Gasteiger partial charge on any atom is 0.241 e. The molecule has 6 heteroatoms. The van der Waals surface area contributed by atoms with Gasteiger partial charge in [0.15, 0.2) is 11.5 Å². The molecule has 1 aliphatic rings. The van der Waals surface area contributed by atoms with Crippen LogP contribution in [-0.4, -0.2) is 44.3 Å². The van der Waals surface area contributed by atoms with Crippen LogP contribution in [0.1, 0.15) is 12.5 Å². The van der Waals surface area contributed by atoms with Crippen LogP contribution < -0.4 is 19.5 Å². The highest BCUT2D eigenvalue weighted by atomic mass is 16.7. The molecular weight excluding hydrogens is 332 g/mol. The minimum absolute atomic E-state index is 0.0635. The highest BCUT2D eigenvalue weighted by molar-refractivity contribution is 5.94. The fraction of sp³-hybridized carbons (Fsp3) is 0.350. The summed E-state index contributed by atoms with van der Waals surface area (Å²) in [5, 5.41) is 2.93. The van der Waals surface area contributed by atoms with Gasteiger partial charge < -0.3 is 19.5 Å². The van der Waals surface area contributed by atoms with Gasteiger partial charge in [0.05, 0.1) is 13.2 Å². The number of hydrogen-bond acceptors (Lipinski definition) is 5. The summed E-state index contributed by atoms with van der Waals surface area (Å²) >= 11 is 0. The molecule has 0 spiro atoms. The number of anilines is 1. The highest BCUT2D eigenvalue weighted by Gasteiger charge is 2.20. The lowest BCUT2D eigenvalue weighted by atomic mass is 10.1. The smallest absolute Gasteiger partial charge is 0.241 e. The van der Waals surface area contributed by atoms with Gasteiger partial charge in [-0.15, -0.1) is 0 Å². The van der Waals surface area contributed by atoms with Gasteiger partial charge >= 0.3 is 0 Å². The van der Waals surface area contributed by atoms with Gasteiger partial charge in [0.1, 0.15) is 5.75 Å². The van der Waals surface area contributed by atoms with Crippen LogP contribution in [0.4, 0.5) is 5.69 Å². The number of para-hydroxylation sites is 1. The molecule has 1 aliphatic heterocycles. The molecule has 26 heavy (non-hydrogen) atoms. The summed E-state index contributed by atoms with van der Waals surface area (Å²) < 4.78 is 16.0. The molecule has 2 aromatic carbocycles. The van der Waals surface area contributed by atoms with E-state index in [1.54, 1.807) is 19.2 Å². The van der Waals surface area contributed by atoms with E-state index in [4.69, 9.17) is 14.2 Å². The van der Waals surface area contributed by atoms with Crippen LogP contribution >= 0.6 is 0 Å². The summed E-state index contributed by atoms with van der Waals surface area (Å²) in [7, 11) is 3.61. The standard InChI is InChI=1S/C20H24N2O4/c1-14(22(2)11-10-15-6-4-5-7-17(15)24-3)20(23)21-16-8-9-18-19(12-16)26-13-25-18/h4-9,12,14H,10-11,13H2,1-3H3,(H,21,23). The molecule has 2 aromatic rings. The zero-order valence-corrected chi connectivity index (χ0v) is 15.3. The first-order chi connectivity index (χ1) is 12.6. The first kappa shape index (κ1) is 18.1. The van der Waals surface area contributed by atoms with Crippen LogP contribution in [0.3, 0.4) is 0 Å². The lowest BCUT2D eigenvalue weighted by molar-refractivity contribution is -0.120. The molecule has 0 bridgehead atoms. The third-order valence-electron chi connectivity index (χ3n) is 4.61. The SMILES string of the molecule is COc1ccccc1CCN(C)C(C)C(=O)Nc1ccc2c(c1)OCO2. The van der Waals surface area contributed by atoms with Crippen molar-refractivity contribution >= 4 is 11.6 Å². The molecule has 0 saturated carbocycles. The number of carbonyl (C=O) groups is 1. The Morgan fingerprint density at radius 1 is 1.23 bits per heavy atom. The van der Waals surface area contributed by atoms with Crippen LogP contribution in [0.15, 0.2) is 42.5 Å². The van der Waals surface area contributed by atoms with Crippen molar-refractivity contribution in [2.45, 2.75) is 19.4 Å². The van der Waals surface area contributed by atoms with Crippen molar-refractivity contribution in [3.05, 3.63) is 48.0 Å². The maximum absolute atomic E-state index is 12.5. The monoisotopic (exact) mass is 356 g/mol. The van der Waals surface area contributed by atoms with Crippen molar-refractivity contribution in [1.82, 2.24) is 4.90 Å². The Hall–Kier alpha value is -2.73. The number of carbonyl (C=O) groups excluding carboxylic acids is 1. The van der Waals surface area contributed by atoms with Gasteiger partial charge in [0, 0.05) is 18.3 Å². The summed E-state index contributed by atoms with van der Waals surface area (Å²) in [6.07, 6.45) is 0.808. The molecule has 1 heterocycles. The zero-order valence-electron chi connectivity index (χ0n) is 15.3. The molecule has 0 radical (unpaired) electrons. The normalized spacial score (nSPS) is 13.5. The number of rotatable bonds is 7. The van der Waals surface area contributed by atoms with Crippen molar-refractivity contribution in [3.8, 4) is 17.2 Å². The quantitative estimate of drug-likeness (QED) is 0.827. The number of nitrogens with zero attached hydrogens (tertiary/aromatic N) is 1. The maximum atomic E-state index is 12.5. The second-order valence-corrected chi connectivity index (χ2v) is 6.28. The Kier molecular flexibility index (Phi) is 5.63. The third kappa shape index (κ3) is 4.08. The summed E-state index contributed by atoms with van der Waals surface area (Å²) in [6.45, 7) is 2.86. The van der Waals surface area contributed by atoms with E-state index in [1.165, 1.54) is 0 Å². The molecular formula is C20H24N2O4. The highest BCUT2D eigenvalue weighted by Crippen LogP contribution is 2.34. The van der Waals surface area contributed by atoms with Crippen LogP contribution in [0.5, 0.6) is 17.2 Å². The van der Waals surface area contributed by atoms with Crippen molar-refractivity contribution in [2.75, 3.05) is 32.8 Å². The molecule has 6 nitrogen and oxygen atoms in total. The lowest BCUT2D eigenvalue weighted by Crippen LogP contribution is -2.40. The number of ether oxygens (including phenoxy) is 3. The molecule has 0 fully saturated rings. The number of fused-ring (bicyclic) bond motifs is 1. The average molecular weight is 356 g/mol. The number of hydrogen-bond donors (Lipinski definition) is 1. The van der Waals surface area contributed by atoms with Gasteiger partial charge in [0.25, 0.3) is 0 Å². The predicted molar refractivity (Wildman–Crippen MR) is 100.0 cm³/mol. The third-order valence-corrected chi connectivity index (χ3v) is 4.61. The van der Waals surface area contributed by atoms with E-state index in [-0.39, 0.29) is 18.7 Å². The average Bonchev–Trinajstić information content (AvgIpc) is 3.13. The summed E-state index contributed by atoms with van der Waals surface area (Å²) in [5.74, 6) is 2.16. The van der Waals surface area contributed by atoms with E-state index in [2.05, 4.69) is 5.32 Å². The van der Waals surface area contributed by atoms with Gasteiger partial charge in [-0.05, 0) is 44.2 Å². The van der Waals surface area contributed by atoms with Crippen molar-refractivity contribution in [2.24, 2.45) is 0 Å². The van der Waals surface area contributed by atoms with Gasteiger partial charge in [-0.25, -0.2) is 0 Å². The molecule has 1 N–H and O–H groups in total. The fourth-order valence-electron chi connectivity index (χ4n) is 2.82. The Balaban J connectivity index is 1.55. The Labute approximate surface area is 153 Å². The summed E-state index contributed by atoms with van der Waals surface area (Å²) in [4.78, 5) is 14.6. The van der Waals surface area contributed by atoms with E-state index >= 15 is 0 Å². The second kappa shape index (κ2) is 8.10. The van der Waals surface area contributed by atoms with Gasteiger partial charge in [-0.3, -0.25) is 9.69 Å². The van der Waals surface area contributed by atoms with E-state index in [9.17, 15) is 4.79 Å². The van der Waals surface area contributed by atoms with E-state index < -0.39 is 0 Å². The van der Waals surface area contributed by atoms with Crippen molar-refractivity contribution in [1.29, 1.82) is 0 Å². The number of nitrogens with one attached hydrogen (secondary N) is 1. The van der Waals surface area contributed by atoms with Crippen LogP contribution in [0.25, 0.3) is 0 Å². The van der Waals surface area contributed by atoms with Crippen LogP contribution in [0.2, 0.25) is 0 Å². The lowest BCUT2D eigenvalue weighted by Gasteiger charge is -2.24. The summed E-state index contributed by atoms with van der Waals surface area (Å²) in [6, 6.07) is 13.1. The number of methoxy groups -OCH3 is 1. The van der Waals surface area contributed by atoms with Crippen molar-refractivity contribution in [3.63, 3.8) is 0 Å². The van der Waals surface area contributed by atoms with E-state index in [0.717, 1.165) is 24.3 Å². The molecule has 0 aliphatic carbocycles. The molecule has 0 aromatic heterocycles. The van der Waals surface area contributed by atoms with Gasteiger partial charge in [-0.1, -0.05) is 18.2 Å². The molecule has 0 saturated heterocycles. The number of amides is 1. The Morgan fingerprint density at radius 2 is 2.00 bits per heavy atom. The van der Waals surface area contributed by atoms with Gasteiger partial charge in [-0.2, -0.15) is 0 Å². The second-order valence-electron chi connectivity index (χ2n) is 6.28. The van der Waals surface area contributed by atoms with Crippen LogP contribution in [-0.2, 0) is 11.2 Å². The predicted octanol–water partition coefficient (Wildman–Crippen LogP) is 2.93. The molecule has 3 rings (SSSR count). The fourth-order valence-corrected chi connectivity index (χ4v) is 2.82. The topological polar surface area (TPSA) is 60.0 Å². The van der Waals surface area contributed by atoms with E-state index in [0.29, 0.717) is 17.2 Å².